The lowest BCUT2D eigenvalue weighted by Crippen LogP contribution is -2.38. The van der Waals surface area contributed by atoms with E-state index in [1.807, 2.05) is 0 Å². The quantitative estimate of drug-likeness (QED) is 0.487. The lowest BCUT2D eigenvalue weighted by Gasteiger charge is -2.34. The van der Waals surface area contributed by atoms with Gasteiger partial charge in [-0.1, -0.05) is 26.0 Å². The van der Waals surface area contributed by atoms with Crippen molar-refractivity contribution >= 4 is 21.4 Å². The zero-order valence-corrected chi connectivity index (χ0v) is 17.6. The lowest BCUT2D eigenvalue weighted by atomic mass is 10.1. The zero-order valence-electron chi connectivity index (χ0n) is 16.8. The van der Waals surface area contributed by atoms with Crippen LogP contribution in [0.25, 0.3) is 0 Å². The first kappa shape index (κ1) is 22.1. The normalized spacial score (nSPS) is 17.3. The topological polar surface area (TPSA) is 93.0 Å². The van der Waals surface area contributed by atoms with Gasteiger partial charge in [-0.2, -0.15) is 4.31 Å². The number of nitro groups is 1. The molecule has 0 amide bonds. The molecule has 0 aromatic heterocycles. The SMILES string of the molecule is CCN(CC)S(=O)(=O)c1ccc(N2CCOC(c3ccc(F)cc3)C2)c([N+](=O)[O-])c1. The van der Waals surface area contributed by atoms with E-state index in [1.165, 1.54) is 28.6 Å². The van der Waals surface area contributed by atoms with Crippen molar-refractivity contribution < 1.29 is 22.5 Å². The van der Waals surface area contributed by atoms with E-state index in [2.05, 4.69) is 0 Å². The first-order valence-electron chi connectivity index (χ1n) is 9.68. The first-order chi connectivity index (χ1) is 14.3. The second-order valence-corrected chi connectivity index (χ2v) is 8.79. The smallest absolute Gasteiger partial charge is 0.293 e. The van der Waals surface area contributed by atoms with Crippen LogP contribution >= 0.6 is 0 Å². The molecule has 2 aromatic carbocycles. The van der Waals surface area contributed by atoms with Gasteiger partial charge < -0.3 is 9.64 Å². The largest absolute Gasteiger partial charge is 0.370 e. The summed E-state index contributed by atoms with van der Waals surface area (Å²) < 4.78 is 45.7. The summed E-state index contributed by atoms with van der Waals surface area (Å²) in [4.78, 5) is 12.9. The molecule has 0 saturated carbocycles. The third-order valence-corrected chi connectivity index (χ3v) is 7.18. The molecule has 1 heterocycles. The van der Waals surface area contributed by atoms with E-state index in [4.69, 9.17) is 4.74 Å². The van der Waals surface area contributed by atoms with Gasteiger partial charge in [0.25, 0.3) is 5.69 Å². The van der Waals surface area contributed by atoms with Gasteiger partial charge in [0.2, 0.25) is 10.0 Å². The minimum atomic E-state index is -3.81. The highest BCUT2D eigenvalue weighted by atomic mass is 32.2. The molecular formula is C20H24FN3O5S. The van der Waals surface area contributed by atoms with Gasteiger partial charge in [0.05, 0.1) is 16.4 Å². The number of sulfonamides is 1. The molecule has 0 spiro atoms. The van der Waals surface area contributed by atoms with Gasteiger partial charge in [-0.05, 0) is 29.8 Å². The van der Waals surface area contributed by atoms with Gasteiger partial charge in [0.15, 0.2) is 0 Å². The van der Waals surface area contributed by atoms with Gasteiger partial charge >= 0.3 is 0 Å². The van der Waals surface area contributed by atoms with Crippen molar-refractivity contribution in [3.63, 3.8) is 0 Å². The summed E-state index contributed by atoms with van der Waals surface area (Å²) in [5, 5.41) is 11.7. The maximum atomic E-state index is 13.2. The minimum Gasteiger partial charge on any atom is -0.370 e. The molecule has 1 saturated heterocycles. The van der Waals surface area contributed by atoms with Crippen LogP contribution in [0.4, 0.5) is 15.8 Å². The zero-order chi connectivity index (χ0) is 21.9. The molecule has 30 heavy (non-hydrogen) atoms. The molecule has 0 bridgehead atoms. The van der Waals surface area contributed by atoms with E-state index >= 15 is 0 Å². The van der Waals surface area contributed by atoms with E-state index in [0.717, 1.165) is 11.6 Å². The van der Waals surface area contributed by atoms with E-state index in [0.29, 0.717) is 25.4 Å². The van der Waals surface area contributed by atoms with E-state index in [9.17, 15) is 22.9 Å². The van der Waals surface area contributed by atoms with Crippen LogP contribution in [0.1, 0.15) is 25.5 Å². The number of ether oxygens (including phenoxy) is 1. The van der Waals surface area contributed by atoms with Crippen LogP contribution in [0.15, 0.2) is 47.4 Å². The third-order valence-electron chi connectivity index (χ3n) is 5.14. The average Bonchev–Trinajstić information content (AvgIpc) is 2.74. The predicted octanol–water partition coefficient (Wildman–Crippen LogP) is 3.34. The van der Waals surface area contributed by atoms with Crippen molar-refractivity contribution in [3.8, 4) is 0 Å². The molecular weight excluding hydrogens is 413 g/mol. The van der Waals surface area contributed by atoms with Crippen LogP contribution in [-0.4, -0.2) is 50.4 Å². The number of benzene rings is 2. The number of rotatable bonds is 7. The first-order valence-corrected chi connectivity index (χ1v) is 11.1. The number of nitro benzene ring substituents is 1. The van der Waals surface area contributed by atoms with Gasteiger partial charge in [0.1, 0.15) is 17.6 Å². The Kier molecular flexibility index (Phi) is 6.69. The highest BCUT2D eigenvalue weighted by Crippen LogP contribution is 2.35. The second-order valence-electron chi connectivity index (χ2n) is 6.85. The van der Waals surface area contributed by atoms with Crippen molar-refractivity contribution in [2.45, 2.75) is 24.8 Å². The number of hydrogen-bond donors (Lipinski definition) is 0. The van der Waals surface area contributed by atoms with E-state index < -0.39 is 14.9 Å². The standard InChI is InChI=1S/C20H24FN3O5S/c1-3-23(4-2)30(27,28)17-9-10-18(19(13-17)24(25)26)22-11-12-29-20(14-22)15-5-7-16(21)8-6-15/h5-10,13,20H,3-4,11-12,14H2,1-2H3. The van der Waals surface area contributed by atoms with Gasteiger partial charge in [-0.25, -0.2) is 12.8 Å². The Hall–Kier alpha value is -2.56. The predicted molar refractivity (Wildman–Crippen MR) is 111 cm³/mol. The second kappa shape index (κ2) is 9.07. The monoisotopic (exact) mass is 437 g/mol. The number of morpholine rings is 1. The van der Waals surface area contributed by atoms with Crippen LogP contribution < -0.4 is 4.90 Å². The number of halogens is 1. The van der Waals surface area contributed by atoms with Crippen molar-refractivity contribution in [3.05, 3.63) is 64.0 Å². The summed E-state index contributed by atoms with van der Waals surface area (Å²) in [5.74, 6) is -0.355. The molecule has 0 N–H and O–H groups in total. The summed E-state index contributed by atoms with van der Waals surface area (Å²) in [6.45, 7) is 5.06. The Morgan fingerprint density at radius 2 is 1.87 bits per heavy atom. The number of anilines is 1. The van der Waals surface area contributed by atoms with Gasteiger partial charge in [0, 0.05) is 32.2 Å². The van der Waals surface area contributed by atoms with E-state index in [-0.39, 0.29) is 35.6 Å². The van der Waals surface area contributed by atoms with Gasteiger partial charge in [-0.15, -0.1) is 0 Å². The molecule has 1 aliphatic rings. The van der Waals surface area contributed by atoms with Crippen molar-refractivity contribution in [1.82, 2.24) is 4.31 Å². The maximum Gasteiger partial charge on any atom is 0.293 e. The Balaban J connectivity index is 1.93. The minimum absolute atomic E-state index is 0.106. The molecule has 10 heteroatoms. The number of nitrogens with zero attached hydrogens (tertiary/aromatic N) is 3. The number of hydrogen-bond acceptors (Lipinski definition) is 6. The maximum absolute atomic E-state index is 13.2. The Labute approximate surface area is 175 Å². The Bertz CT molecular complexity index is 1010. The van der Waals surface area contributed by atoms with Crippen molar-refractivity contribution in [2.75, 3.05) is 37.7 Å². The fraction of sp³-hybridized carbons (Fsp3) is 0.400. The van der Waals surface area contributed by atoms with Crippen molar-refractivity contribution in [1.29, 1.82) is 0 Å². The van der Waals surface area contributed by atoms with Gasteiger partial charge in [-0.3, -0.25) is 10.1 Å². The highest BCUT2D eigenvalue weighted by molar-refractivity contribution is 7.89. The molecule has 1 unspecified atom stereocenters. The Morgan fingerprint density at radius 1 is 1.20 bits per heavy atom. The molecule has 1 atom stereocenters. The molecule has 0 aliphatic carbocycles. The summed E-state index contributed by atoms with van der Waals surface area (Å²) >= 11 is 0. The summed E-state index contributed by atoms with van der Waals surface area (Å²) in [6, 6.07) is 9.92. The van der Waals surface area contributed by atoms with E-state index in [1.54, 1.807) is 30.9 Å². The van der Waals surface area contributed by atoms with Crippen LogP contribution in [0, 0.1) is 15.9 Å². The molecule has 162 valence electrons. The molecule has 1 fully saturated rings. The van der Waals surface area contributed by atoms with Crippen LogP contribution in [0.2, 0.25) is 0 Å². The van der Waals surface area contributed by atoms with Crippen LogP contribution in [-0.2, 0) is 14.8 Å². The summed E-state index contributed by atoms with van der Waals surface area (Å²) in [7, 11) is -3.81. The van der Waals surface area contributed by atoms with Crippen LogP contribution in [0.3, 0.4) is 0 Å². The fourth-order valence-electron chi connectivity index (χ4n) is 3.54. The Morgan fingerprint density at radius 3 is 2.47 bits per heavy atom. The molecule has 2 aromatic rings. The third kappa shape index (κ3) is 4.45. The summed E-state index contributed by atoms with van der Waals surface area (Å²) in [6.07, 6.45) is -0.377. The highest BCUT2D eigenvalue weighted by Gasteiger charge is 2.30. The average molecular weight is 437 g/mol. The molecule has 3 rings (SSSR count). The molecule has 1 aliphatic heterocycles. The fourth-order valence-corrected chi connectivity index (χ4v) is 5.02. The molecule has 0 radical (unpaired) electrons. The molecule has 8 nitrogen and oxygen atoms in total. The van der Waals surface area contributed by atoms with Crippen molar-refractivity contribution in [2.24, 2.45) is 0 Å². The van der Waals surface area contributed by atoms with Crippen LogP contribution in [0.5, 0.6) is 0 Å². The lowest BCUT2D eigenvalue weighted by molar-refractivity contribution is -0.384. The summed E-state index contributed by atoms with van der Waals surface area (Å²) in [5.41, 5.74) is 0.821.